The second-order valence-corrected chi connectivity index (χ2v) is 7.63. The Morgan fingerprint density at radius 1 is 1.46 bits per heavy atom. The summed E-state index contributed by atoms with van der Waals surface area (Å²) in [6.07, 6.45) is -0.924. The maximum Gasteiger partial charge on any atom is 0.490 e. The summed E-state index contributed by atoms with van der Waals surface area (Å²) in [5, 5.41) is 13.3. The van der Waals surface area contributed by atoms with Crippen molar-refractivity contribution in [2.75, 3.05) is 27.2 Å². The van der Waals surface area contributed by atoms with Crippen molar-refractivity contribution in [3.8, 4) is 0 Å². The molecule has 8 nitrogen and oxygen atoms in total. The number of urea groups is 1. The third kappa shape index (κ3) is 6.04. The highest BCUT2D eigenvalue weighted by Crippen LogP contribution is 2.30. The fraction of sp³-hybridized carbons (Fsp3) is 0.688. The van der Waals surface area contributed by atoms with Gasteiger partial charge >= 0.3 is 18.2 Å². The number of carboxylic acids is 1. The first-order valence-corrected chi connectivity index (χ1v) is 9.49. The number of fused-ring (bicyclic) bond motifs is 1. The zero-order chi connectivity index (χ0) is 20.9. The summed E-state index contributed by atoms with van der Waals surface area (Å²) >= 11 is 1.68. The van der Waals surface area contributed by atoms with Crippen molar-refractivity contribution in [2.45, 2.75) is 43.8 Å². The standard InChI is InChI=1S/C14H22N4O2S.C2HF3O2/c1-17(2)14(19)16-10-8-18(9-12-15-5-7-21-12)11-4-3-6-20-13(10)11;3-2(4,5)1(6)7/h5,7,10-11,13H,3-4,6,8-9H2,1-2H3,(H,16,19);(H,6,7)/t10-,11-,13-;/m1./s1. The Kier molecular flexibility index (Phi) is 7.61. The highest BCUT2D eigenvalue weighted by Gasteiger charge is 2.44. The van der Waals surface area contributed by atoms with E-state index in [1.807, 2.05) is 11.6 Å². The number of carboxylic acid groups (broad SMARTS) is 1. The number of alkyl halides is 3. The van der Waals surface area contributed by atoms with Crippen LogP contribution in [0.25, 0.3) is 0 Å². The predicted molar refractivity (Wildman–Crippen MR) is 95.0 cm³/mol. The number of ether oxygens (including phenoxy) is 1. The second kappa shape index (κ2) is 9.52. The Labute approximate surface area is 164 Å². The summed E-state index contributed by atoms with van der Waals surface area (Å²) in [5.41, 5.74) is 0. The maximum atomic E-state index is 11.9. The van der Waals surface area contributed by atoms with Gasteiger partial charge in [0.25, 0.3) is 0 Å². The molecule has 2 aliphatic rings. The van der Waals surface area contributed by atoms with E-state index >= 15 is 0 Å². The molecule has 2 saturated heterocycles. The molecule has 0 spiro atoms. The molecule has 0 aliphatic carbocycles. The summed E-state index contributed by atoms with van der Waals surface area (Å²) in [6, 6.07) is 0.393. The second-order valence-electron chi connectivity index (χ2n) is 6.65. The lowest BCUT2D eigenvalue weighted by molar-refractivity contribution is -0.192. The van der Waals surface area contributed by atoms with Crippen LogP contribution in [0.3, 0.4) is 0 Å². The molecule has 0 bridgehead atoms. The number of thiazole rings is 1. The van der Waals surface area contributed by atoms with Gasteiger partial charge in [-0.25, -0.2) is 14.6 Å². The van der Waals surface area contributed by atoms with Crippen LogP contribution in [-0.4, -0.2) is 83.5 Å². The zero-order valence-electron chi connectivity index (χ0n) is 15.5. The molecule has 12 heteroatoms. The number of carbonyl (C=O) groups excluding carboxylic acids is 1. The van der Waals surface area contributed by atoms with Gasteiger partial charge in [-0.15, -0.1) is 11.3 Å². The third-order valence-corrected chi connectivity index (χ3v) is 5.17. The van der Waals surface area contributed by atoms with Crippen LogP contribution >= 0.6 is 11.3 Å². The molecule has 2 N–H and O–H groups in total. The van der Waals surface area contributed by atoms with Crippen LogP contribution in [0.5, 0.6) is 0 Å². The number of nitrogens with zero attached hydrogens (tertiary/aromatic N) is 3. The van der Waals surface area contributed by atoms with E-state index in [0.29, 0.717) is 6.04 Å². The van der Waals surface area contributed by atoms with Gasteiger partial charge in [0.2, 0.25) is 0 Å². The average Bonchev–Trinajstić information content (AvgIpc) is 3.24. The van der Waals surface area contributed by atoms with Crippen molar-refractivity contribution in [3.05, 3.63) is 16.6 Å². The van der Waals surface area contributed by atoms with Crippen LogP contribution < -0.4 is 5.32 Å². The summed E-state index contributed by atoms with van der Waals surface area (Å²) in [4.78, 5) is 29.2. The Morgan fingerprint density at radius 3 is 2.68 bits per heavy atom. The van der Waals surface area contributed by atoms with Crippen molar-refractivity contribution in [3.63, 3.8) is 0 Å². The molecule has 2 fully saturated rings. The highest BCUT2D eigenvalue weighted by atomic mass is 32.1. The van der Waals surface area contributed by atoms with Gasteiger partial charge in [0.1, 0.15) is 5.01 Å². The molecule has 3 heterocycles. The smallest absolute Gasteiger partial charge is 0.475 e. The van der Waals surface area contributed by atoms with Crippen LogP contribution in [0, 0.1) is 0 Å². The van der Waals surface area contributed by atoms with E-state index < -0.39 is 12.1 Å². The quantitative estimate of drug-likeness (QED) is 0.768. The SMILES string of the molecule is CN(C)C(=O)N[C@@H]1CN(Cc2nccs2)[C@@H]2CCCO[C@@H]21.O=C(O)C(F)(F)F. The third-order valence-electron chi connectivity index (χ3n) is 4.41. The summed E-state index contributed by atoms with van der Waals surface area (Å²) in [5.74, 6) is -2.76. The lowest BCUT2D eigenvalue weighted by Crippen LogP contribution is -2.50. The topological polar surface area (TPSA) is 95.0 Å². The van der Waals surface area contributed by atoms with E-state index in [2.05, 4.69) is 15.2 Å². The molecular formula is C16H23F3N4O4S. The number of aromatic nitrogens is 1. The number of likely N-dealkylation sites (tertiary alicyclic amines) is 1. The number of aliphatic carboxylic acids is 1. The number of nitrogens with one attached hydrogen (secondary N) is 1. The first-order valence-electron chi connectivity index (χ1n) is 8.61. The van der Waals surface area contributed by atoms with Crippen molar-refractivity contribution in [1.29, 1.82) is 0 Å². The molecule has 1 aromatic heterocycles. The zero-order valence-corrected chi connectivity index (χ0v) is 16.3. The molecule has 2 aliphatic heterocycles. The van der Waals surface area contributed by atoms with Gasteiger partial charge in [-0.1, -0.05) is 0 Å². The number of halogens is 3. The molecule has 0 unspecified atom stereocenters. The lowest BCUT2D eigenvalue weighted by atomic mass is 10.0. The van der Waals surface area contributed by atoms with Crippen molar-refractivity contribution < 1.29 is 32.6 Å². The number of amides is 2. The Morgan fingerprint density at radius 2 is 2.14 bits per heavy atom. The first kappa shape index (κ1) is 22.4. The molecular weight excluding hydrogens is 401 g/mol. The molecule has 1 aromatic rings. The number of carbonyl (C=O) groups is 2. The van der Waals surface area contributed by atoms with Crippen LogP contribution in [0.4, 0.5) is 18.0 Å². The van der Waals surface area contributed by atoms with Crippen LogP contribution in [0.1, 0.15) is 17.8 Å². The maximum absolute atomic E-state index is 11.9. The van der Waals surface area contributed by atoms with Crippen LogP contribution in [0.15, 0.2) is 11.6 Å². The fourth-order valence-corrected chi connectivity index (χ4v) is 3.80. The average molecular weight is 424 g/mol. The van der Waals surface area contributed by atoms with E-state index in [0.717, 1.165) is 37.5 Å². The monoisotopic (exact) mass is 424 g/mol. The van der Waals surface area contributed by atoms with Gasteiger partial charge in [0.15, 0.2) is 0 Å². The van der Waals surface area contributed by atoms with E-state index in [-0.39, 0.29) is 18.2 Å². The van der Waals surface area contributed by atoms with E-state index in [1.165, 1.54) is 0 Å². The van der Waals surface area contributed by atoms with Crippen molar-refractivity contribution in [2.24, 2.45) is 0 Å². The molecule has 28 heavy (non-hydrogen) atoms. The summed E-state index contributed by atoms with van der Waals surface area (Å²) < 4.78 is 37.7. The minimum absolute atomic E-state index is 0.0518. The molecule has 3 rings (SSSR count). The largest absolute Gasteiger partial charge is 0.490 e. The van der Waals surface area contributed by atoms with E-state index in [1.54, 1.807) is 30.3 Å². The van der Waals surface area contributed by atoms with Crippen LogP contribution in [-0.2, 0) is 16.1 Å². The van der Waals surface area contributed by atoms with Crippen LogP contribution in [0.2, 0.25) is 0 Å². The van der Waals surface area contributed by atoms with Gasteiger partial charge in [-0.3, -0.25) is 4.90 Å². The van der Waals surface area contributed by atoms with Gasteiger partial charge < -0.3 is 20.1 Å². The molecule has 0 radical (unpaired) electrons. The number of rotatable bonds is 3. The molecule has 0 saturated carbocycles. The lowest BCUT2D eigenvalue weighted by Gasteiger charge is -2.32. The van der Waals surface area contributed by atoms with Crippen molar-refractivity contribution in [1.82, 2.24) is 20.1 Å². The minimum Gasteiger partial charge on any atom is -0.475 e. The minimum atomic E-state index is -5.08. The summed E-state index contributed by atoms with van der Waals surface area (Å²) in [6.45, 7) is 2.46. The Bertz CT molecular complexity index is 657. The Hall–Kier alpha value is -1.92. The van der Waals surface area contributed by atoms with Gasteiger partial charge in [-0.2, -0.15) is 13.2 Å². The first-order chi connectivity index (χ1) is 13.1. The van der Waals surface area contributed by atoms with Crippen molar-refractivity contribution >= 4 is 23.3 Å². The fourth-order valence-electron chi connectivity index (χ4n) is 3.16. The Balaban J connectivity index is 0.000000345. The van der Waals surface area contributed by atoms with E-state index in [4.69, 9.17) is 14.6 Å². The van der Waals surface area contributed by atoms with Gasteiger partial charge in [-0.05, 0) is 12.8 Å². The number of hydrogen-bond acceptors (Lipinski definition) is 6. The molecule has 2 amide bonds. The molecule has 0 aromatic carbocycles. The highest BCUT2D eigenvalue weighted by molar-refractivity contribution is 7.09. The normalized spacial score (nSPS) is 24.7. The predicted octanol–water partition coefficient (Wildman–Crippen LogP) is 1.78. The van der Waals surface area contributed by atoms with E-state index in [9.17, 15) is 18.0 Å². The number of hydrogen-bond donors (Lipinski definition) is 2. The summed E-state index contributed by atoms with van der Waals surface area (Å²) in [7, 11) is 3.52. The molecule has 158 valence electrons. The molecule has 3 atom stereocenters. The van der Waals surface area contributed by atoms with Gasteiger partial charge in [0.05, 0.1) is 18.7 Å². The van der Waals surface area contributed by atoms with Gasteiger partial charge in [0, 0.05) is 44.9 Å².